The Bertz CT molecular complexity index is 423. The fourth-order valence-electron chi connectivity index (χ4n) is 2.64. The van der Waals surface area contributed by atoms with E-state index in [9.17, 15) is 5.11 Å². The van der Waals surface area contributed by atoms with E-state index < -0.39 is 6.10 Å². The molecule has 2 heterocycles. The van der Waals surface area contributed by atoms with E-state index in [2.05, 4.69) is 28.6 Å². The molecule has 1 aliphatic rings. The number of rotatable bonds is 3. The monoisotopic (exact) mass is 263 g/mol. The number of piperazine rings is 1. The maximum Gasteiger partial charge on any atom is 0.128 e. The first-order chi connectivity index (χ1) is 8.99. The Hall–Kier alpha value is -1.13. The van der Waals surface area contributed by atoms with Gasteiger partial charge in [0.15, 0.2) is 0 Å². The van der Waals surface area contributed by atoms with Crippen LogP contribution >= 0.6 is 0 Å². The zero-order valence-corrected chi connectivity index (χ0v) is 12.4. The van der Waals surface area contributed by atoms with Crippen molar-refractivity contribution in [3.63, 3.8) is 0 Å². The van der Waals surface area contributed by atoms with E-state index in [1.807, 2.05) is 19.1 Å². The molecule has 1 aromatic heterocycles. The number of hydrogen-bond acceptors (Lipinski definition) is 4. The molecule has 1 saturated heterocycles. The summed E-state index contributed by atoms with van der Waals surface area (Å²) in [7, 11) is 0. The van der Waals surface area contributed by atoms with Gasteiger partial charge >= 0.3 is 0 Å². The Labute approximate surface area is 116 Å². The van der Waals surface area contributed by atoms with Gasteiger partial charge in [0.05, 0.1) is 6.10 Å². The highest BCUT2D eigenvalue weighted by Gasteiger charge is 2.20. The van der Waals surface area contributed by atoms with Gasteiger partial charge in [-0.05, 0) is 33.8 Å². The summed E-state index contributed by atoms with van der Waals surface area (Å²) in [6.45, 7) is 12.5. The summed E-state index contributed by atoms with van der Waals surface area (Å²) >= 11 is 0. The highest BCUT2D eigenvalue weighted by atomic mass is 16.3. The molecule has 2 rings (SSSR count). The first kappa shape index (κ1) is 14.3. The molecule has 0 spiro atoms. The number of aliphatic hydroxyl groups is 1. The molecule has 0 saturated carbocycles. The predicted octanol–water partition coefficient (Wildman–Crippen LogP) is 1.97. The molecule has 1 aliphatic heterocycles. The smallest absolute Gasteiger partial charge is 0.128 e. The van der Waals surface area contributed by atoms with Crippen molar-refractivity contribution >= 4 is 5.82 Å². The molecule has 19 heavy (non-hydrogen) atoms. The van der Waals surface area contributed by atoms with Crippen LogP contribution in [-0.4, -0.2) is 47.2 Å². The minimum atomic E-state index is -0.445. The van der Waals surface area contributed by atoms with Crippen LogP contribution in [0.2, 0.25) is 0 Å². The molecule has 0 aliphatic carbocycles. The average Bonchev–Trinajstić information content (AvgIpc) is 2.38. The molecule has 0 aromatic carbocycles. The minimum Gasteiger partial charge on any atom is -0.389 e. The summed E-state index contributed by atoms with van der Waals surface area (Å²) in [6.07, 6.45) is -0.445. The zero-order valence-electron chi connectivity index (χ0n) is 12.4. The maximum absolute atomic E-state index is 9.64. The van der Waals surface area contributed by atoms with Gasteiger partial charge in [-0.25, -0.2) is 4.98 Å². The first-order valence-electron chi connectivity index (χ1n) is 7.13. The summed E-state index contributed by atoms with van der Waals surface area (Å²) < 4.78 is 0. The van der Waals surface area contributed by atoms with Crippen LogP contribution in [0.5, 0.6) is 0 Å². The van der Waals surface area contributed by atoms with Crippen molar-refractivity contribution in [3.05, 3.63) is 23.4 Å². The number of anilines is 1. The van der Waals surface area contributed by atoms with Crippen molar-refractivity contribution in [1.29, 1.82) is 0 Å². The lowest BCUT2D eigenvalue weighted by Crippen LogP contribution is -2.49. The predicted molar refractivity (Wildman–Crippen MR) is 78.5 cm³/mol. The lowest BCUT2D eigenvalue weighted by atomic mass is 10.1. The number of pyridine rings is 1. The minimum absolute atomic E-state index is 0.445. The van der Waals surface area contributed by atoms with Gasteiger partial charge in [0.25, 0.3) is 0 Å². The Morgan fingerprint density at radius 1 is 1.11 bits per heavy atom. The number of aliphatic hydroxyl groups excluding tert-OH is 1. The molecule has 0 radical (unpaired) electrons. The summed E-state index contributed by atoms with van der Waals surface area (Å²) in [5.74, 6) is 1.03. The van der Waals surface area contributed by atoms with Gasteiger partial charge in [-0.3, -0.25) is 4.90 Å². The molecule has 106 valence electrons. The standard InChI is InChI=1S/C15H25N3O/c1-11(2)17-7-9-18(10-8-17)15-6-5-14(13(4)19)12(3)16-15/h5-6,11,13,19H,7-10H2,1-4H3/t13-/m0/s1. The summed E-state index contributed by atoms with van der Waals surface area (Å²) in [4.78, 5) is 9.46. The topological polar surface area (TPSA) is 39.6 Å². The van der Waals surface area contributed by atoms with Gasteiger partial charge in [-0.1, -0.05) is 6.07 Å². The maximum atomic E-state index is 9.64. The largest absolute Gasteiger partial charge is 0.389 e. The lowest BCUT2D eigenvalue weighted by Gasteiger charge is -2.37. The normalized spacial score (nSPS) is 18.9. The molecule has 4 heteroatoms. The second-order valence-electron chi connectivity index (χ2n) is 5.64. The number of aryl methyl sites for hydroxylation is 1. The fraction of sp³-hybridized carbons (Fsp3) is 0.667. The molecule has 1 N–H and O–H groups in total. The molecule has 0 bridgehead atoms. The Kier molecular flexibility index (Phi) is 4.42. The van der Waals surface area contributed by atoms with Crippen molar-refractivity contribution in [2.75, 3.05) is 31.1 Å². The van der Waals surface area contributed by atoms with Crippen LogP contribution in [0.3, 0.4) is 0 Å². The Morgan fingerprint density at radius 3 is 2.21 bits per heavy atom. The first-order valence-corrected chi connectivity index (χ1v) is 7.13. The van der Waals surface area contributed by atoms with Crippen molar-refractivity contribution in [2.24, 2.45) is 0 Å². The number of nitrogens with zero attached hydrogens (tertiary/aromatic N) is 3. The lowest BCUT2D eigenvalue weighted by molar-refractivity contribution is 0.198. The average molecular weight is 263 g/mol. The van der Waals surface area contributed by atoms with Gasteiger partial charge in [0.1, 0.15) is 5.82 Å². The number of aromatic nitrogens is 1. The highest BCUT2D eigenvalue weighted by molar-refractivity contribution is 5.42. The Balaban J connectivity index is 2.06. The second kappa shape index (κ2) is 5.88. The zero-order chi connectivity index (χ0) is 14.0. The second-order valence-corrected chi connectivity index (χ2v) is 5.64. The summed E-state index contributed by atoms with van der Waals surface area (Å²) in [6, 6.07) is 4.64. The van der Waals surface area contributed by atoms with Gasteiger partial charge in [0.2, 0.25) is 0 Å². The van der Waals surface area contributed by atoms with Gasteiger partial charge in [-0.2, -0.15) is 0 Å². The van der Waals surface area contributed by atoms with Gasteiger partial charge in [0, 0.05) is 43.5 Å². The van der Waals surface area contributed by atoms with E-state index in [0.29, 0.717) is 6.04 Å². The van der Waals surface area contributed by atoms with Crippen LogP contribution in [-0.2, 0) is 0 Å². The molecule has 1 atom stereocenters. The molecule has 1 fully saturated rings. The van der Waals surface area contributed by atoms with Crippen LogP contribution in [0.25, 0.3) is 0 Å². The molecule has 1 aromatic rings. The van der Waals surface area contributed by atoms with Crippen molar-refractivity contribution in [1.82, 2.24) is 9.88 Å². The Morgan fingerprint density at radius 2 is 1.74 bits per heavy atom. The molecule has 4 nitrogen and oxygen atoms in total. The molecule has 0 unspecified atom stereocenters. The summed E-state index contributed by atoms with van der Waals surface area (Å²) in [5.41, 5.74) is 1.85. The van der Waals surface area contributed by atoms with Crippen LogP contribution in [0.1, 0.15) is 38.1 Å². The fourth-order valence-corrected chi connectivity index (χ4v) is 2.64. The SMILES string of the molecule is Cc1nc(N2CCN(C(C)C)CC2)ccc1[C@H](C)O. The van der Waals surface area contributed by atoms with Crippen molar-refractivity contribution in [2.45, 2.75) is 39.8 Å². The highest BCUT2D eigenvalue weighted by Crippen LogP contribution is 2.21. The van der Waals surface area contributed by atoms with Gasteiger partial charge in [-0.15, -0.1) is 0 Å². The van der Waals surface area contributed by atoms with Crippen LogP contribution in [0.15, 0.2) is 12.1 Å². The molecular weight excluding hydrogens is 238 g/mol. The quantitative estimate of drug-likeness (QED) is 0.905. The van der Waals surface area contributed by atoms with Crippen molar-refractivity contribution in [3.8, 4) is 0 Å². The van der Waals surface area contributed by atoms with E-state index in [1.54, 1.807) is 6.92 Å². The van der Waals surface area contributed by atoms with E-state index in [1.165, 1.54) is 0 Å². The van der Waals surface area contributed by atoms with Crippen LogP contribution < -0.4 is 4.90 Å². The van der Waals surface area contributed by atoms with E-state index in [-0.39, 0.29) is 0 Å². The third-order valence-electron chi connectivity index (χ3n) is 3.93. The number of hydrogen-bond donors (Lipinski definition) is 1. The van der Waals surface area contributed by atoms with E-state index in [4.69, 9.17) is 0 Å². The van der Waals surface area contributed by atoms with E-state index in [0.717, 1.165) is 43.3 Å². The van der Waals surface area contributed by atoms with Crippen LogP contribution in [0, 0.1) is 6.92 Å². The third kappa shape index (κ3) is 3.25. The van der Waals surface area contributed by atoms with Crippen molar-refractivity contribution < 1.29 is 5.11 Å². The van der Waals surface area contributed by atoms with Gasteiger partial charge < -0.3 is 10.0 Å². The van der Waals surface area contributed by atoms with E-state index >= 15 is 0 Å². The van der Waals surface area contributed by atoms with Crippen LogP contribution in [0.4, 0.5) is 5.82 Å². The summed E-state index contributed by atoms with van der Waals surface area (Å²) in [5, 5.41) is 9.64. The molecular formula is C15H25N3O. The molecule has 0 amide bonds. The third-order valence-corrected chi connectivity index (χ3v) is 3.93.